The molecular weight excluding hydrogens is 1700 g/mol. The van der Waals surface area contributed by atoms with E-state index in [1.54, 1.807) is 30.3 Å². The number of nitrogens with zero attached hydrogens (tertiary/aromatic N) is 13. The molecule has 0 spiro atoms. The van der Waals surface area contributed by atoms with E-state index in [4.69, 9.17) is 39.4 Å². The first kappa shape index (κ1) is 115. The number of carbonyl (C=O) groups is 1. The number of ether oxygens (including phenoxy) is 1. The Morgan fingerprint density at radius 1 is 0.555 bits per heavy atom. The third-order valence-corrected chi connectivity index (χ3v) is 28.4. The highest BCUT2D eigenvalue weighted by atomic mass is 35.5. The molecule has 128 heavy (non-hydrogen) atoms. The Labute approximate surface area is 789 Å². The summed E-state index contributed by atoms with van der Waals surface area (Å²) in [6, 6.07) is 26.5. The van der Waals surface area contributed by atoms with E-state index in [0.29, 0.717) is 59.5 Å². The number of hydrogen-bond acceptors (Lipinski definition) is 29. The minimum Gasteiger partial charge on any atom is -0.426 e. The second kappa shape index (κ2) is 45.5. The first-order chi connectivity index (χ1) is 58.3. The van der Waals surface area contributed by atoms with Gasteiger partial charge in [0.1, 0.15) is 5.75 Å². The van der Waals surface area contributed by atoms with Crippen molar-refractivity contribution in [3.8, 4) is 5.75 Å². The quantitative estimate of drug-likeness (QED) is 0.0115. The maximum atomic E-state index is 12.7. The average Bonchev–Trinajstić information content (AvgIpc) is 1.23. The number of carbonyl (C=O) groups excluding carboxylic acids is 1. The molecule has 7 aliphatic rings. The van der Waals surface area contributed by atoms with Gasteiger partial charge in [-0.2, -0.15) is 30.4 Å². The summed E-state index contributed by atoms with van der Waals surface area (Å²) < 4.78 is 11.2. The van der Waals surface area contributed by atoms with E-state index < -0.39 is 0 Å². The van der Waals surface area contributed by atoms with Crippen molar-refractivity contribution < 1.29 is 40.8 Å². The van der Waals surface area contributed by atoms with E-state index in [-0.39, 0.29) is 88.4 Å². The molecule has 3 saturated heterocycles. The molecule has 3 fully saturated rings. The van der Waals surface area contributed by atoms with E-state index >= 15 is 0 Å². The Morgan fingerprint density at radius 2 is 1.02 bits per heavy atom. The molecule has 4 aromatic carbocycles. The molecule has 0 aliphatic carbocycles. The summed E-state index contributed by atoms with van der Waals surface area (Å²) in [5.41, 5.74) is 18.7. The summed E-state index contributed by atoms with van der Waals surface area (Å²) >= 11 is 14.8. The van der Waals surface area contributed by atoms with Crippen molar-refractivity contribution in [2.45, 2.75) is 302 Å². The topological polar surface area (TPSA) is 318 Å². The minimum atomic E-state index is -0.380. The second-order valence-corrected chi connectivity index (χ2v) is 47.2. The predicted molar refractivity (Wildman–Crippen MR) is 533 cm³/mol. The van der Waals surface area contributed by atoms with Gasteiger partial charge in [-0.25, -0.2) is 0 Å². The molecule has 31 heteroatoms. The Kier molecular flexibility index (Phi) is 40.9. The van der Waals surface area contributed by atoms with Crippen molar-refractivity contribution in [3.63, 3.8) is 0 Å². The fourth-order valence-electron chi connectivity index (χ4n) is 18.5. The van der Waals surface area contributed by atoms with Gasteiger partial charge < -0.3 is 82.6 Å². The van der Waals surface area contributed by atoms with Gasteiger partial charge in [0.05, 0.1) is 66.5 Å². The third kappa shape index (κ3) is 29.7. The maximum Gasteiger partial charge on any atom is 0.315 e. The SMILES string of the molecule is CC1(C)C=C(CN)C(C)(C)N1O.CC1(C)CC(CN)C(C)(C)N1O.CN(C)CC1=CC(C)(C)N(O)C1(C)C.CN(C)CC1CC(C)(C)N(O)C1(C)C.CN(C)c1ccc2c(c1)C(C)(C)N(O)C2(C)C.CN(Cc1ccc(OC(=O)Cc2ccccc2Nc2c(Cl)cccc2Cl)cc1)CC(C)(C)SN=O.CN1CCC(C)(SN=O)CC1.CNCC1=CC(C)(C)N(O)C1(C)C. The summed E-state index contributed by atoms with van der Waals surface area (Å²) in [5.74, 6) is 1.01. The summed E-state index contributed by atoms with van der Waals surface area (Å²) in [6.07, 6.45) is 10.6. The third-order valence-electron chi connectivity index (χ3n) is 26.2. The molecular formula is C97H167Cl2N17O10S2. The van der Waals surface area contributed by atoms with Gasteiger partial charge >= 0.3 is 5.97 Å². The fourth-order valence-corrected chi connectivity index (χ4v) is 20.0. The lowest BCUT2D eigenvalue weighted by atomic mass is 9.87. The molecule has 0 aromatic heterocycles. The van der Waals surface area contributed by atoms with Crippen molar-refractivity contribution in [1.82, 2.24) is 55.3 Å². The first-order valence-electron chi connectivity index (χ1n) is 44.6. The summed E-state index contributed by atoms with van der Waals surface area (Å²) in [5, 5.41) is 76.1. The van der Waals surface area contributed by atoms with Crippen LogP contribution < -0.4 is 31.7 Å². The van der Waals surface area contributed by atoms with Crippen molar-refractivity contribution in [3.05, 3.63) is 162 Å². The molecule has 0 saturated carbocycles. The van der Waals surface area contributed by atoms with Crippen LogP contribution in [0.1, 0.15) is 235 Å². The van der Waals surface area contributed by atoms with Gasteiger partial charge in [0.2, 0.25) is 0 Å². The predicted octanol–water partition coefficient (Wildman–Crippen LogP) is 19.6. The molecule has 0 radical (unpaired) electrons. The van der Waals surface area contributed by atoms with Crippen LogP contribution in [0, 0.1) is 21.6 Å². The van der Waals surface area contributed by atoms with Gasteiger partial charge in [-0.1, -0.05) is 83.9 Å². The average molecular weight is 1870 g/mol. The first-order valence-corrected chi connectivity index (χ1v) is 46.9. The number of hydrogen-bond donors (Lipinski definition) is 10. The fraction of sp³-hybridized carbons (Fsp3) is 0.680. The van der Waals surface area contributed by atoms with E-state index in [2.05, 4.69) is 172 Å². The monoisotopic (exact) mass is 1860 g/mol. The maximum absolute atomic E-state index is 12.7. The molecule has 0 bridgehead atoms. The van der Waals surface area contributed by atoms with Gasteiger partial charge in [0, 0.05) is 129 Å². The van der Waals surface area contributed by atoms with Gasteiger partial charge in [-0.3, -0.25) is 4.79 Å². The van der Waals surface area contributed by atoms with E-state index in [1.807, 2.05) is 196 Å². The van der Waals surface area contributed by atoms with E-state index in [9.17, 15) is 45.9 Å². The van der Waals surface area contributed by atoms with Crippen LogP contribution in [-0.4, -0.2) is 268 Å². The van der Waals surface area contributed by atoms with Gasteiger partial charge in [0.25, 0.3) is 0 Å². The lowest BCUT2D eigenvalue weighted by Crippen LogP contribution is -2.48. The second-order valence-electron chi connectivity index (χ2n) is 43.7. The number of nitroso groups, excluding NO2 is 2. The summed E-state index contributed by atoms with van der Waals surface area (Å²) in [6.45, 7) is 62.5. The molecule has 0 amide bonds. The Morgan fingerprint density at radius 3 is 1.41 bits per heavy atom. The van der Waals surface area contributed by atoms with Crippen molar-refractivity contribution in [2.24, 2.45) is 32.5 Å². The lowest BCUT2D eigenvalue weighted by Gasteiger charge is -2.36. The van der Waals surface area contributed by atoms with Crippen LogP contribution in [0.3, 0.4) is 0 Å². The number of likely N-dealkylation sites (tertiary alicyclic amines) is 1. The van der Waals surface area contributed by atoms with Crippen LogP contribution in [0.25, 0.3) is 0 Å². The van der Waals surface area contributed by atoms with Crippen molar-refractivity contribution >= 4 is 70.1 Å². The van der Waals surface area contributed by atoms with Crippen molar-refractivity contribution in [1.29, 1.82) is 0 Å². The molecule has 4 aromatic rings. The van der Waals surface area contributed by atoms with Crippen LogP contribution in [0.4, 0.5) is 17.1 Å². The minimum absolute atomic E-state index is 0.0766. The number of benzene rings is 4. The Balaban J connectivity index is 0.000000320. The van der Waals surface area contributed by atoms with Crippen molar-refractivity contribution in [2.75, 3.05) is 126 Å². The smallest absolute Gasteiger partial charge is 0.315 e. The van der Waals surface area contributed by atoms with Crippen LogP contribution in [0.2, 0.25) is 10.0 Å². The number of nitrogens with two attached hydrogens (primary N) is 2. The normalized spacial score (nSPS) is 22.7. The number of halogens is 2. The number of rotatable bonds is 22. The number of para-hydroxylation sites is 2. The van der Waals surface area contributed by atoms with Gasteiger partial charge in [-0.05, 0) is 375 Å². The molecule has 7 aliphatic heterocycles. The summed E-state index contributed by atoms with van der Waals surface area (Å²) in [7, 11) is 18.3. The molecule has 7 heterocycles. The number of piperidine rings is 1. The van der Waals surface area contributed by atoms with Crippen LogP contribution in [0.5, 0.6) is 5.75 Å². The molecule has 27 nitrogen and oxygen atoms in total. The standard InChI is InChI=1S/C26H27Cl2N3O3S.C14H22N2O.C11H24N2O.C11H22N2O.C10H20N2O.C9H20N2O.C9H18N2O.C7H14N2OS/c1-26(2,35-30-33)17-31(3)16-18-11-13-20(14-12-18)34-24(32)15-19-7-4-5-10-23(19)29-25-21(27)8-6-9-22(25)28;1-13(2)11-8-7-10(15(5)6)9-12(11)14(3,4)16(13)17;2*1-10(2)7-9(8-12(5)6)11(3,4)13(10)14;1-9(2)6-8(7-11-5)10(3,4)12(9)13;2*1-8(2)5-7(6-10)9(3,4)11(8)12;1-7(11-8-10)3-5-9(2)6-4-7/h4-14,29H,15-17H2,1-3H3;7-9,17H,1-6H3;9,14H,7-8H2,1-6H3;7,14H,8H2,1-6H3;6,11,13H,7H2,1-5H3;7,12H,5-6,10H2,1-4H3;5,12H,6,10H2,1-4H3;3-6H2,1-2H3. The summed E-state index contributed by atoms with van der Waals surface area (Å²) in [4.78, 5) is 44.1. The molecule has 2 atom stereocenters. The van der Waals surface area contributed by atoms with Crippen LogP contribution >= 0.6 is 47.1 Å². The number of nitrogens with one attached hydrogen (secondary N) is 2. The number of esters is 1. The van der Waals surface area contributed by atoms with E-state index in [0.717, 1.165) is 92.7 Å². The lowest BCUT2D eigenvalue weighted by molar-refractivity contribution is -0.216. The zero-order valence-electron chi connectivity index (χ0n) is 84.7. The molecule has 2 unspecified atom stereocenters. The number of hydroxylamine groups is 12. The number of fused-ring (bicyclic) bond motifs is 1. The van der Waals surface area contributed by atoms with Gasteiger partial charge in [0.15, 0.2) is 0 Å². The van der Waals surface area contributed by atoms with E-state index in [1.165, 1.54) is 70.3 Å². The largest absolute Gasteiger partial charge is 0.426 e. The number of anilines is 3. The Bertz CT molecular complexity index is 4330. The van der Waals surface area contributed by atoms with Gasteiger partial charge in [-0.15, -0.1) is 9.81 Å². The molecule has 12 N–H and O–H groups in total. The highest BCUT2D eigenvalue weighted by Crippen LogP contribution is 2.50. The zero-order chi connectivity index (χ0) is 98.5. The van der Waals surface area contributed by atoms with Crippen LogP contribution in [0.15, 0.2) is 129 Å². The number of likely N-dealkylation sites (N-methyl/N-ethyl adjacent to an activating group) is 2. The molecule has 11 rings (SSSR count). The molecule has 726 valence electrons. The van der Waals surface area contributed by atoms with Crippen LogP contribution in [-0.2, 0) is 28.8 Å². The highest BCUT2D eigenvalue weighted by molar-refractivity contribution is 7.99. The Hall–Kier alpha value is -5.11. The zero-order valence-corrected chi connectivity index (χ0v) is 87.9. The highest BCUT2D eigenvalue weighted by Gasteiger charge is 2.54.